The molecule has 1 aliphatic rings. The highest BCUT2D eigenvalue weighted by Gasteiger charge is 2.35. The van der Waals surface area contributed by atoms with E-state index in [2.05, 4.69) is 21.2 Å². The average molecular weight is 494 g/mol. The van der Waals surface area contributed by atoms with E-state index in [1.54, 1.807) is 30.9 Å². The molecule has 0 radical (unpaired) electrons. The molecule has 1 unspecified atom stereocenters. The molecule has 9 heteroatoms. The van der Waals surface area contributed by atoms with Crippen molar-refractivity contribution < 1.29 is 18.0 Å². The van der Waals surface area contributed by atoms with E-state index in [1.165, 1.54) is 23.5 Å². The van der Waals surface area contributed by atoms with Gasteiger partial charge in [0.15, 0.2) is 0 Å². The van der Waals surface area contributed by atoms with Crippen LogP contribution >= 0.6 is 15.9 Å². The summed E-state index contributed by atoms with van der Waals surface area (Å²) in [5, 5.41) is 2.78. The third-order valence-corrected chi connectivity index (χ3v) is 7.88. The maximum Gasteiger partial charge on any atom is 0.243 e. The summed E-state index contributed by atoms with van der Waals surface area (Å²) in [7, 11) is -2.05. The molecule has 2 aromatic rings. The van der Waals surface area contributed by atoms with Crippen molar-refractivity contribution in [3.05, 3.63) is 53.0 Å². The lowest BCUT2D eigenvalue weighted by Crippen LogP contribution is -2.33. The molecule has 2 amide bonds. The Morgan fingerprint density at radius 1 is 1.17 bits per heavy atom. The quantitative estimate of drug-likeness (QED) is 0.667. The van der Waals surface area contributed by atoms with Gasteiger partial charge in [-0.05, 0) is 66.2 Å². The standard InChI is InChI=1S/C21H24BrN3O4S/c1-14(2)24(3)30(28,29)17-10-8-16(9-11-17)23-21(27)15-12-20(26)25(13-15)19-7-5-4-6-18(19)22/h4-11,14-15H,12-13H2,1-3H3,(H,23,27). The Balaban J connectivity index is 1.68. The Hall–Kier alpha value is -2.23. The molecule has 2 aromatic carbocycles. The number of para-hydroxylation sites is 1. The summed E-state index contributed by atoms with van der Waals surface area (Å²) < 4.78 is 27.2. The van der Waals surface area contributed by atoms with Crippen molar-refractivity contribution in [1.82, 2.24) is 4.31 Å². The van der Waals surface area contributed by atoms with Crippen molar-refractivity contribution in [3.63, 3.8) is 0 Å². The van der Waals surface area contributed by atoms with Gasteiger partial charge in [-0.15, -0.1) is 0 Å². The Morgan fingerprint density at radius 3 is 2.40 bits per heavy atom. The Labute approximate surface area is 185 Å². The van der Waals surface area contributed by atoms with Crippen LogP contribution < -0.4 is 10.2 Å². The van der Waals surface area contributed by atoms with Gasteiger partial charge in [-0.3, -0.25) is 9.59 Å². The molecule has 1 atom stereocenters. The number of anilines is 2. The molecule has 0 bridgehead atoms. The first kappa shape index (κ1) is 22.5. The molecule has 1 fully saturated rings. The molecule has 1 heterocycles. The van der Waals surface area contributed by atoms with E-state index in [1.807, 2.05) is 24.3 Å². The minimum atomic E-state index is -3.58. The zero-order valence-electron chi connectivity index (χ0n) is 17.0. The van der Waals surface area contributed by atoms with Crippen molar-refractivity contribution in [2.75, 3.05) is 23.8 Å². The van der Waals surface area contributed by atoms with E-state index in [-0.39, 0.29) is 29.2 Å². The van der Waals surface area contributed by atoms with E-state index in [9.17, 15) is 18.0 Å². The summed E-state index contributed by atoms with van der Waals surface area (Å²) in [6.07, 6.45) is 0.124. The Kier molecular flexibility index (Phi) is 6.64. The highest BCUT2D eigenvalue weighted by atomic mass is 79.9. The third kappa shape index (κ3) is 4.58. The molecule has 0 saturated carbocycles. The first-order chi connectivity index (χ1) is 14.1. The zero-order valence-corrected chi connectivity index (χ0v) is 19.4. The predicted octanol–water partition coefficient (Wildman–Crippen LogP) is 3.47. The third-order valence-electron chi connectivity index (χ3n) is 5.17. The molecule has 0 aromatic heterocycles. The molecule has 1 saturated heterocycles. The minimum absolute atomic E-state index is 0.111. The summed E-state index contributed by atoms with van der Waals surface area (Å²) in [6, 6.07) is 13.3. The average Bonchev–Trinajstić information content (AvgIpc) is 3.09. The first-order valence-electron chi connectivity index (χ1n) is 9.55. The van der Waals surface area contributed by atoms with Crippen LogP contribution in [0.3, 0.4) is 0 Å². The number of hydrogen-bond acceptors (Lipinski definition) is 4. The number of carbonyl (C=O) groups is 2. The molecule has 1 aliphatic heterocycles. The second kappa shape index (κ2) is 8.87. The van der Waals surface area contributed by atoms with Gasteiger partial charge in [0.05, 0.1) is 16.5 Å². The van der Waals surface area contributed by atoms with Gasteiger partial charge >= 0.3 is 0 Å². The van der Waals surface area contributed by atoms with Crippen LogP contribution in [-0.4, -0.2) is 44.2 Å². The molecular weight excluding hydrogens is 470 g/mol. The molecule has 1 N–H and O–H groups in total. The maximum atomic E-state index is 12.7. The first-order valence-corrected chi connectivity index (χ1v) is 11.8. The van der Waals surface area contributed by atoms with Gasteiger partial charge in [-0.25, -0.2) is 8.42 Å². The monoisotopic (exact) mass is 493 g/mol. The lowest BCUT2D eigenvalue weighted by Gasteiger charge is -2.21. The van der Waals surface area contributed by atoms with Crippen molar-refractivity contribution in [2.24, 2.45) is 5.92 Å². The minimum Gasteiger partial charge on any atom is -0.326 e. The lowest BCUT2D eigenvalue weighted by atomic mass is 10.1. The molecule has 3 rings (SSSR count). The van der Waals surface area contributed by atoms with Gasteiger partial charge in [0.2, 0.25) is 21.8 Å². The van der Waals surface area contributed by atoms with Crippen LogP contribution in [0, 0.1) is 5.92 Å². The molecule has 0 aliphatic carbocycles. The van der Waals surface area contributed by atoms with Crippen LogP contribution in [0.5, 0.6) is 0 Å². The normalized spacial score (nSPS) is 17.1. The molecule has 0 spiro atoms. The summed E-state index contributed by atoms with van der Waals surface area (Å²) in [6.45, 7) is 3.89. The maximum absolute atomic E-state index is 12.7. The van der Waals surface area contributed by atoms with Crippen LogP contribution in [-0.2, 0) is 19.6 Å². The van der Waals surface area contributed by atoms with Gasteiger partial charge < -0.3 is 10.2 Å². The van der Waals surface area contributed by atoms with E-state index in [4.69, 9.17) is 0 Å². The number of rotatable bonds is 6. The molecule has 30 heavy (non-hydrogen) atoms. The molecular formula is C21H24BrN3O4S. The number of carbonyl (C=O) groups excluding carboxylic acids is 2. The van der Waals surface area contributed by atoms with Crippen LogP contribution in [0.15, 0.2) is 57.9 Å². The number of amides is 2. The van der Waals surface area contributed by atoms with Gasteiger partial charge in [-0.2, -0.15) is 4.31 Å². The smallest absolute Gasteiger partial charge is 0.243 e. The summed E-state index contributed by atoms with van der Waals surface area (Å²) in [5.74, 6) is -0.867. The fourth-order valence-corrected chi connectivity index (χ4v) is 5.05. The fourth-order valence-electron chi connectivity index (χ4n) is 3.19. The lowest BCUT2D eigenvalue weighted by molar-refractivity contribution is -0.122. The number of sulfonamides is 1. The highest BCUT2D eigenvalue weighted by Crippen LogP contribution is 2.31. The zero-order chi connectivity index (χ0) is 22.1. The van der Waals surface area contributed by atoms with Crippen molar-refractivity contribution in [1.29, 1.82) is 0 Å². The number of halogens is 1. The van der Waals surface area contributed by atoms with Crippen molar-refractivity contribution in [3.8, 4) is 0 Å². The Bertz CT molecular complexity index is 1050. The van der Waals surface area contributed by atoms with Crippen LogP contribution in [0.4, 0.5) is 11.4 Å². The molecule has 160 valence electrons. The largest absolute Gasteiger partial charge is 0.326 e. The van der Waals surface area contributed by atoms with Crippen LogP contribution in [0.2, 0.25) is 0 Å². The second-order valence-electron chi connectivity index (χ2n) is 7.49. The SMILES string of the molecule is CC(C)N(C)S(=O)(=O)c1ccc(NC(=O)C2CC(=O)N(c3ccccc3Br)C2)cc1. The second-order valence-corrected chi connectivity index (χ2v) is 10.3. The predicted molar refractivity (Wildman–Crippen MR) is 120 cm³/mol. The Morgan fingerprint density at radius 2 is 1.80 bits per heavy atom. The van der Waals surface area contributed by atoms with Crippen LogP contribution in [0.1, 0.15) is 20.3 Å². The van der Waals surface area contributed by atoms with Gasteiger partial charge in [0.25, 0.3) is 0 Å². The number of benzene rings is 2. The fraction of sp³-hybridized carbons (Fsp3) is 0.333. The number of nitrogens with one attached hydrogen (secondary N) is 1. The van der Waals surface area contributed by atoms with Gasteiger partial charge in [0, 0.05) is 36.2 Å². The summed E-state index contributed by atoms with van der Waals surface area (Å²) in [4.78, 5) is 26.9. The summed E-state index contributed by atoms with van der Waals surface area (Å²) in [5.41, 5.74) is 1.22. The van der Waals surface area contributed by atoms with Crippen molar-refractivity contribution in [2.45, 2.75) is 31.2 Å². The van der Waals surface area contributed by atoms with E-state index >= 15 is 0 Å². The van der Waals surface area contributed by atoms with E-state index in [0.717, 1.165) is 10.2 Å². The van der Waals surface area contributed by atoms with Crippen molar-refractivity contribution >= 4 is 49.1 Å². The molecule has 7 nitrogen and oxygen atoms in total. The number of nitrogens with zero attached hydrogens (tertiary/aromatic N) is 2. The van der Waals surface area contributed by atoms with Crippen LogP contribution in [0.25, 0.3) is 0 Å². The van der Waals surface area contributed by atoms with Gasteiger partial charge in [0.1, 0.15) is 0 Å². The van der Waals surface area contributed by atoms with Gasteiger partial charge in [-0.1, -0.05) is 12.1 Å². The van der Waals surface area contributed by atoms with E-state index in [0.29, 0.717) is 12.2 Å². The number of hydrogen-bond donors (Lipinski definition) is 1. The van der Waals surface area contributed by atoms with E-state index < -0.39 is 15.9 Å². The highest BCUT2D eigenvalue weighted by molar-refractivity contribution is 9.10. The summed E-state index contributed by atoms with van der Waals surface area (Å²) >= 11 is 3.44. The topological polar surface area (TPSA) is 86.8 Å².